The van der Waals surface area contributed by atoms with Gasteiger partial charge in [0, 0.05) is 5.92 Å². The monoisotopic (exact) mass is 364 g/mol. The molecule has 0 bridgehead atoms. The van der Waals surface area contributed by atoms with Crippen molar-refractivity contribution in [1.82, 2.24) is 0 Å². The number of Topliss-reactive ketones (excluding diaryl/α,β-unsaturated/α-hetero) is 2. The Morgan fingerprint density at radius 1 is 1.36 bits per heavy atom. The van der Waals surface area contributed by atoms with Gasteiger partial charge in [-0.15, -0.1) is 0 Å². The van der Waals surface area contributed by atoms with Gasteiger partial charge >= 0.3 is 0 Å². The molecule has 1 aromatic heterocycles. The number of ether oxygens (including phenoxy) is 1. The molecule has 1 saturated heterocycles. The van der Waals surface area contributed by atoms with E-state index in [9.17, 15) is 9.59 Å². The Balaban J connectivity index is 1.72. The summed E-state index contributed by atoms with van der Waals surface area (Å²) in [6, 6.07) is 1.75. The van der Waals surface area contributed by atoms with Crippen LogP contribution < -0.4 is 0 Å². The summed E-state index contributed by atoms with van der Waals surface area (Å²) in [6.07, 6.45) is 4.46. The quantitative estimate of drug-likeness (QED) is 0.717. The second-order valence-electron chi connectivity index (χ2n) is 7.70. The van der Waals surface area contributed by atoms with E-state index >= 15 is 0 Å². The maximum atomic E-state index is 12.6. The van der Waals surface area contributed by atoms with Crippen molar-refractivity contribution in [3.05, 3.63) is 34.3 Å². The fraction of sp³-hybridized carbons (Fsp3) is 0.600. The highest BCUT2D eigenvalue weighted by Gasteiger charge is 2.49. The van der Waals surface area contributed by atoms with E-state index in [1.807, 2.05) is 27.7 Å². The molecule has 136 valence electrons. The van der Waals surface area contributed by atoms with Crippen LogP contribution in [-0.4, -0.2) is 23.3 Å². The van der Waals surface area contributed by atoms with Crippen LogP contribution in [0.1, 0.15) is 62.6 Å². The van der Waals surface area contributed by atoms with Crippen LogP contribution in [0.3, 0.4) is 0 Å². The number of furan rings is 1. The lowest BCUT2D eigenvalue weighted by Gasteiger charge is -2.36. The summed E-state index contributed by atoms with van der Waals surface area (Å²) in [5.41, 5.74) is 1.33. The van der Waals surface area contributed by atoms with E-state index in [1.54, 1.807) is 12.3 Å². The standard InChI is InChI=1S/C20H25ClO4/c1-11-9-16(24-10-11)18(22)13(3)15-7-8-20(4,25-15)14-6-5-12(2)17(21)19(14)23/h9-10,13-15H,5-8H2,1-4H3/t13-,14+,15-,20-/m0/s1. The molecule has 1 aliphatic heterocycles. The van der Waals surface area contributed by atoms with E-state index in [2.05, 4.69) is 0 Å². The van der Waals surface area contributed by atoms with Gasteiger partial charge in [0.05, 0.1) is 28.9 Å². The van der Waals surface area contributed by atoms with Gasteiger partial charge < -0.3 is 9.15 Å². The topological polar surface area (TPSA) is 56.5 Å². The number of hydrogen-bond donors (Lipinski definition) is 0. The molecule has 2 aliphatic rings. The molecule has 4 atom stereocenters. The van der Waals surface area contributed by atoms with E-state index in [4.69, 9.17) is 20.8 Å². The Labute approximate surface area is 153 Å². The van der Waals surface area contributed by atoms with E-state index < -0.39 is 5.60 Å². The minimum Gasteiger partial charge on any atom is -0.461 e. The number of carbonyl (C=O) groups is 2. The number of halogens is 1. The molecule has 0 N–H and O–H groups in total. The first-order valence-corrected chi connectivity index (χ1v) is 9.27. The van der Waals surface area contributed by atoms with Gasteiger partial charge in [0.1, 0.15) is 0 Å². The molecule has 0 unspecified atom stereocenters. The molecular formula is C20H25ClO4. The molecule has 0 radical (unpaired) electrons. The number of hydrogen-bond acceptors (Lipinski definition) is 4. The van der Waals surface area contributed by atoms with Gasteiger partial charge in [0.2, 0.25) is 5.78 Å². The smallest absolute Gasteiger partial charge is 0.203 e. The van der Waals surface area contributed by atoms with Crippen LogP contribution in [0.15, 0.2) is 27.4 Å². The molecule has 1 aromatic rings. The minimum atomic E-state index is -0.559. The molecule has 0 saturated carbocycles. The lowest BCUT2D eigenvalue weighted by atomic mass is 9.76. The zero-order valence-corrected chi connectivity index (χ0v) is 16.0. The average molecular weight is 365 g/mol. The Morgan fingerprint density at radius 2 is 2.08 bits per heavy atom. The van der Waals surface area contributed by atoms with Gasteiger partial charge in [-0.05, 0) is 58.1 Å². The largest absolute Gasteiger partial charge is 0.461 e. The number of rotatable bonds is 4. The summed E-state index contributed by atoms with van der Waals surface area (Å²) in [7, 11) is 0. The van der Waals surface area contributed by atoms with Crippen LogP contribution >= 0.6 is 11.6 Å². The predicted molar refractivity (Wildman–Crippen MR) is 95.7 cm³/mol. The van der Waals surface area contributed by atoms with Crippen LogP contribution in [0.5, 0.6) is 0 Å². The zero-order chi connectivity index (χ0) is 18.4. The fourth-order valence-electron chi connectivity index (χ4n) is 4.00. The highest BCUT2D eigenvalue weighted by molar-refractivity contribution is 6.43. The summed E-state index contributed by atoms with van der Waals surface area (Å²) in [4.78, 5) is 25.2. The summed E-state index contributed by atoms with van der Waals surface area (Å²) in [5, 5.41) is 0.361. The molecular weight excluding hydrogens is 340 g/mol. The molecule has 1 aliphatic carbocycles. The average Bonchev–Trinajstić information content (AvgIpc) is 3.18. The number of carbonyl (C=O) groups excluding carboxylic acids is 2. The Kier molecular flexibility index (Phi) is 4.95. The maximum Gasteiger partial charge on any atom is 0.203 e. The number of aryl methyl sites for hydroxylation is 1. The first-order chi connectivity index (χ1) is 11.7. The van der Waals surface area contributed by atoms with E-state index in [0.29, 0.717) is 10.8 Å². The number of allylic oxidation sites excluding steroid dienone is 2. The summed E-state index contributed by atoms with van der Waals surface area (Å²) in [5.74, 6) is -0.237. The molecule has 25 heavy (non-hydrogen) atoms. The first-order valence-electron chi connectivity index (χ1n) is 8.89. The van der Waals surface area contributed by atoms with E-state index in [0.717, 1.165) is 36.8 Å². The van der Waals surface area contributed by atoms with Crippen LogP contribution in [0.2, 0.25) is 0 Å². The van der Waals surface area contributed by atoms with Gasteiger partial charge in [0.25, 0.3) is 0 Å². The molecule has 2 heterocycles. The van der Waals surface area contributed by atoms with Crippen LogP contribution in [0, 0.1) is 18.8 Å². The van der Waals surface area contributed by atoms with Crippen molar-refractivity contribution in [2.45, 2.75) is 65.1 Å². The highest BCUT2D eigenvalue weighted by Crippen LogP contribution is 2.45. The van der Waals surface area contributed by atoms with E-state index in [-0.39, 0.29) is 29.5 Å². The van der Waals surface area contributed by atoms with Crippen molar-refractivity contribution >= 4 is 23.2 Å². The highest BCUT2D eigenvalue weighted by atomic mass is 35.5. The van der Waals surface area contributed by atoms with Gasteiger partial charge in [-0.1, -0.05) is 24.1 Å². The Bertz CT molecular complexity index is 732. The molecule has 0 aromatic carbocycles. The third-order valence-electron chi connectivity index (χ3n) is 5.74. The SMILES string of the molecule is CC1=C(Cl)C(=O)[C@H]([C@]2(C)CC[C@@H]([C@H](C)C(=O)c3cc(C)co3)O2)CC1. The minimum absolute atomic E-state index is 0.0193. The normalized spacial score (nSPS) is 31.5. The summed E-state index contributed by atoms with van der Waals surface area (Å²) < 4.78 is 11.6. The van der Waals surface area contributed by atoms with Crippen molar-refractivity contribution in [3.63, 3.8) is 0 Å². The Hall–Kier alpha value is -1.39. The fourth-order valence-corrected chi connectivity index (χ4v) is 4.23. The van der Waals surface area contributed by atoms with Crippen molar-refractivity contribution in [2.75, 3.05) is 0 Å². The summed E-state index contributed by atoms with van der Waals surface area (Å²) >= 11 is 6.19. The third kappa shape index (κ3) is 3.34. The van der Waals surface area contributed by atoms with Crippen molar-refractivity contribution in [2.24, 2.45) is 11.8 Å². The third-order valence-corrected chi connectivity index (χ3v) is 6.25. The molecule has 1 fully saturated rings. The lowest BCUT2D eigenvalue weighted by Crippen LogP contribution is -2.42. The van der Waals surface area contributed by atoms with Crippen molar-refractivity contribution in [3.8, 4) is 0 Å². The van der Waals surface area contributed by atoms with Crippen LogP contribution in [0.25, 0.3) is 0 Å². The number of ketones is 2. The molecule has 0 amide bonds. The predicted octanol–water partition coefficient (Wildman–Crippen LogP) is 4.84. The van der Waals surface area contributed by atoms with Crippen molar-refractivity contribution < 1.29 is 18.7 Å². The maximum absolute atomic E-state index is 12.6. The van der Waals surface area contributed by atoms with Gasteiger partial charge in [-0.3, -0.25) is 9.59 Å². The van der Waals surface area contributed by atoms with Crippen molar-refractivity contribution in [1.29, 1.82) is 0 Å². The second kappa shape index (κ2) is 6.73. The molecule has 0 spiro atoms. The summed E-state index contributed by atoms with van der Waals surface area (Å²) in [6.45, 7) is 7.65. The van der Waals surface area contributed by atoms with Crippen LogP contribution in [-0.2, 0) is 9.53 Å². The second-order valence-corrected chi connectivity index (χ2v) is 8.08. The van der Waals surface area contributed by atoms with E-state index in [1.165, 1.54) is 0 Å². The molecule has 4 nitrogen and oxygen atoms in total. The molecule has 3 rings (SSSR count). The van der Waals surface area contributed by atoms with Gasteiger partial charge in [-0.25, -0.2) is 0 Å². The lowest BCUT2D eigenvalue weighted by molar-refractivity contribution is -0.134. The zero-order valence-electron chi connectivity index (χ0n) is 15.2. The first kappa shape index (κ1) is 18.4. The molecule has 5 heteroatoms. The Morgan fingerprint density at radius 3 is 2.72 bits per heavy atom. The van der Waals surface area contributed by atoms with Gasteiger partial charge in [-0.2, -0.15) is 0 Å². The van der Waals surface area contributed by atoms with Crippen LogP contribution in [0.4, 0.5) is 0 Å². The van der Waals surface area contributed by atoms with Gasteiger partial charge in [0.15, 0.2) is 11.5 Å².